The topological polar surface area (TPSA) is 104 Å². The number of rotatable bonds is 5. The first-order valence-electron chi connectivity index (χ1n) is 9.58. The molecular weight excluding hydrogens is 434 g/mol. The van der Waals surface area contributed by atoms with E-state index in [9.17, 15) is 17.2 Å². The Bertz CT molecular complexity index is 1360. The predicted octanol–water partition coefficient (Wildman–Crippen LogP) is 4.71. The van der Waals surface area contributed by atoms with E-state index in [0.29, 0.717) is 33.9 Å². The summed E-state index contributed by atoms with van der Waals surface area (Å²) in [6.07, 6.45) is -1.73. The second kappa shape index (κ2) is 8.08. The number of anilines is 2. The van der Waals surface area contributed by atoms with Gasteiger partial charge in [-0.25, -0.2) is 21.9 Å². The fraction of sp³-hybridized carbons (Fsp3) is 0.0870. The zero-order chi connectivity index (χ0) is 23.0. The summed E-state index contributed by atoms with van der Waals surface area (Å²) in [5.74, 6) is 0. The summed E-state index contributed by atoms with van der Waals surface area (Å²) in [5, 5.41) is 4.23. The molecule has 0 spiro atoms. The van der Waals surface area contributed by atoms with Gasteiger partial charge in [0.25, 0.3) is 6.43 Å². The molecule has 4 N–H and O–H groups in total. The summed E-state index contributed by atoms with van der Waals surface area (Å²) in [4.78, 5) is 0.128. The summed E-state index contributed by atoms with van der Waals surface area (Å²) < 4.78 is 53.4. The van der Waals surface area contributed by atoms with E-state index in [2.05, 4.69) is 5.10 Å². The van der Waals surface area contributed by atoms with Crippen molar-refractivity contribution in [2.75, 3.05) is 17.7 Å². The number of hydrogen-bond acceptors (Lipinski definition) is 5. The van der Waals surface area contributed by atoms with Crippen molar-refractivity contribution < 1.29 is 17.2 Å². The van der Waals surface area contributed by atoms with Gasteiger partial charge in [0, 0.05) is 28.8 Å². The molecule has 0 fully saturated rings. The average Bonchev–Trinajstić information content (AvgIpc) is 3.15. The number of alkyl halides is 2. The van der Waals surface area contributed by atoms with Gasteiger partial charge < -0.3 is 11.5 Å². The molecule has 0 aliphatic heterocycles. The highest BCUT2D eigenvalue weighted by atomic mass is 32.2. The lowest BCUT2D eigenvalue weighted by atomic mass is 9.98. The largest absolute Gasteiger partial charge is 0.399 e. The summed E-state index contributed by atoms with van der Waals surface area (Å²) in [7, 11) is -3.41. The molecule has 1 heterocycles. The molecule has 164 valence electrons. The summed E-state index contributed by atoms with van der Waals surface area (Å²) >= 11 is 0. The lowest BCUT2D eigenvalue weighted by molar-refractivity contribution is 0.146. The average molecular weight is 455 g/mol. The van der Waals surface area contributed by atoms with E-state index in [1.165, 1.54) is 16.8 Å². The van der Waals surface area contributed by atoms with Crippen LogP contribution in [0.25, 0.3) is 28.1 Å². The third-order valence-electron chi connectivity index (χ3n) is 5.01. The van der Waals surface area contributed by atoms with Gasteiger partial charge >= 0.3 is 0 Å². The predicted molar refractivity (Wildman–Crippen MR) is 121 cm³/mol. The molecule has 0 aliphatic rings. The second-order valence-electron chi connectivity index (χ2n) is 7.33. The van der Waals surface area contributed by atoms with E-state index >= 15 is 0 Å². The van der Waals surface area contributed by atoms with Crippen LogP contribution in [0.4, 0.5) is 20.2 Å². The van der Waals surface area contributed by atoms with Gasteiger partial charge in [0.15, 0.2) is 9.84 Å². The van der Waals surface area contributed by atoms with Crippen LogP contribution in [-0.2, 0) is 9.84 Å². The Morgan fingerprint density at radius 3 is 1.81 bits per heavy atom. The molecule has 1 aromatic heterocycles. The van der Waals surface area contributed by atoms with Crippen LogP contribution in [0, 0.1) is 0 Å². The van der Waals surface area contributed by atoms with Gasteiger partial charge in [-0.15, -0.1) is 0 Å². The van der Waals surface area contributed by atoms with Crippen LogP contribution in [0.15, 0.2) is 77.7 Å². The molecule has 32 heavy (non-hydrogen) atoms. The normalized spacial score (nSPS) is 11.8. The number of nitrogen functional groups attached to an aromatic ring is 2. The highest BCUT2D eigenvalue weighted by molar-refractivity contribution is 7.90. The van der Waals surface area contributed by atoms with E-state index in [4.69, 9.17) is 11.5 Å². The summed E-state index contributed by atoms with van der Waals surface area (Å²) in [6, 6.07) is 19.3. The molecule has 4 aromatic rings. The Morgan fingerprint density at radius 1 is 0.812 bits per heavy atom. The highest BCUT2D eigenvalue weighted by Crippen LogP contribution is 2.41. The quantitative estimate of drug-likeness (QED) is 0.425. The first kappa shape index (κ1) is 21.5. The Labute approximate surface area is 184 Å². The lowest BCUT2D eigenvalue weighted by Gasteiger charge is -2.12. The van der Waals surface area contributed by atoms with Crippen LogP contribution < -0.4 is 11.5 Å². The fourth-order valence-corrected chi connectivity index (χ4v) is 4.08. The molecule has 0 unspecified atom stereocenters. The van der Waals surface area contributed by atoms with Crippen LogP contribution in [0.1, 0.15) is 12.1 Å². The molecule has 6 nitrogen and oxygen atoms in total. The van der Waals surface area contributed by atoms with Gasteiger partial charge in [0.2, 0.25) is 0 Å². The van der Waals surface area contributed by atoms with Crippen molar-refractivity contribution in [1.29, 1.82) is 0 Å². The molecule has 0 saturated carbocycles. The van der Waals surface area contributed by atoms with Crippen molar-refractivity contribution >= 4 is 21.2 Å². The summed E-state index contributed by atoms with van der Waals surface area (Å²) in [5.41, 5.74) is 14.4. The summed E-state index contributed by atoms with van der Waals surface area (Å²) in [6.45, 7) is 0. The molecule has 3 aromatic carbocycles. The van der Waals surface area contributed by atoms with Gasteiger partial charge in [-0.3, -0.25) is 0 Å². The van der Waals surface area contributed by atoms with Crippen LogP contribution in [0.3, 0.4) is 0 Å². The number of halogens is 2. The molecule has 4 rings (SSSR count). The zero-order valence-corrected chi connectivity index (χ0v) is 17.9. The standard InChI is InChI=1S/C23H20F2N4O2S/c1-32(30,31)19-12-4-15(5-13-19)22-20(14-2-6-16(26)7-3-14)21(23(24)25)28-29(22)18-10-8-17(27)9-11-18/h2-13,23H,26-27H2,1H3. The van der Waals surface area contributed by atoms with E-state index < -0.39 is 22.0 Å². The third kappa shape index (κ3) is 4.06. The van der Waals surface area contributed by atoms with Gasteiger partial charge in [-0.05, 0) is 54.1 Å². The molecule has 0 atom stereocenters. The Kier molecular flexibility index (Phi) is 5.43. The first-order valence-corrected chi connectivity index (χ1v) is 11.5. The van der Waals surface area contributed by atoms with Crippen LogP contribution >= 0.6 is 0 Å². The van der Waals surface area contributed by atoms with Crippen LogP contribution in [0.2, 0.25) is 0 Å². The molecule has 0 radical (unpaired) electrons. The van der Waals surface area contributed by atoms with Crippen molar-refractivity contribution in [3.05, 3.63) is 78.5 Å². The Morgan fingerprint density at radius 2 is 1.31 bits per heavy atom. The lowest BCUT2D eigenvalue weighted by Crippen LogP contribution is -2.01. The van der Waals surface area contributed by atoms with E-state index in [1.54, 1.807) is 60.7 Å². The smallest absolute Gasteiger partial charge is 0.282 e. The molecule has 0 amide bonds. The van der Waals surface area contributed by atoms with E-state index in [1.807, 2.05) is 0 Å². The minimum absolute atomic E-state index is 0.128. The Hall–Kier alpha value is -3.72. The van der Waals surface area contributed by atoms with Crippen molar-refractivity contribution in [3.8, 4) is 28.1 Å². The maximum atomic E-state index is 14.1. The van der Waals surface area contributed by atoms with E-state index in [-0.39, 0.29) is 10.5 Å². The maximum absolute atomic E-state index is 14.1. The minimum atomic E-state index is -3.41. The number of nitrogens with zero attached hydrogens (tertiary/aromatic N) is 2. The fourth-order valence-electron chi connectivity index (χ4n) is 3.45. The molecule has 0 aliphatic carbocycles. The van der Waals surface area contributed by atoms with Crippen LogP contribution in [0.5, 0.6) is 0 Å². The number of sulfone groups is 1. The van der Waals surface area contributed by atoms with Gasteiger partial charge in [0.1, 0.15) is 5.69 Å². The van der Waals surface area contributed by atoms with Crippen molar-refractivity contribution in [2.45, 2.75) is 11.3 Å². The van der Waals surface area contributed by atoms with Crippen LogP contribution in [-0.4, -0.2) is 24.5 Å². The number of benzene rings is 3. The number of aromatic nitrogens is 2. The molecular formula is C23H20F2N4O2S. The maximum Gasteiger partial charge on any atom is 0.282 e. The molecule has 0 bridgehead atoms. The highest BCUT2D eigenvalue weighted by Gasteiger charge is 2.27. The van der Waals surface area contributed by atoms with Crippen molar-refractivity contribution in [2.24, 2.45) is 0 Å². The molecule has 9 heteroatoms. The number of hydrogen-bond donors (Lipinski definition) is 2. The van der Waals surface area contributed by atoms with E-state index in [0.717, 1.165) is 6.26 Å². The first-order chi connectivity index (χ1) is 15.1. The van der Waals surface area contributed by atoms with Gasteiger partial charge in [-0.2, -0.15) is 5.10 Å². The molecule has 0 saturated heterocycles. The second-order valence-corrected chi connectivity index (χ2v) is 9.35. The third-order valence-corrected chi connectivity index (χ3v) is 6.14. The Balaban J connectivity index is 2.04. The van der Waals surface area contributed by atoms with Crippen molar-refractivity contribution in [3.63, 3.8) is 0 Å². The van der Waals surface area contributed by atoms with Gasteiger partial charge in [-0.1, -0.05) is 24.3 Å². The minimum Gasteiger partial charge on any atom is -0.399 e. The monoisotopic (exact) mass is 454 g/mol. The van der Waals surface area contributed by atoms with Gasteiger partial charge in [0.05, 0.1) is 16.3 Å². The van der Waals surface area contributed by atoms with Crippen molar-refractivity contribution in [1.82, 2.24) is 9.78 Å². The zero-order valence-electron chi connectivity index (χ0n) is 17.0. The SMILES string of the molecule is CS(=O)(=O)c1ccc(-c2c(-c3ccc(N)cc3)c(C(F)F)nn2-c2ccc(N)cc2)cc1. The number of nitrogens with two attached hydrogens (primary N) is 2.